The highest BCUT2D eigenvalue weighted by Gasteiger charge is 2.13. The van der Waals surface area contributed by atoms with Gasteiger partial charge in [-0.1, -0.05) is 0 Å². The Balaban J connectivity index is 2.00. The Labute approximate surface area is 104 Å². The van der Waals surface area contributed by atoms with Crippen molar-refractivity contribution < 1.29 is 0 Å². The second kappa shape index (κ2) is 5.08. The zero-order valence-corrected chi connectivity index (χ0v) is 11.4. The lowest BCUT2D eigenvalue weighted by molar-refractivity contribution is 0.493. The molecule has 0 aliphatic rings. The van der Waals surface area contributed by atoms with Crippen LogP contribution in [0.25, 0.3) is 0 Å². The number of rotatable bonds is 4. The summed E-state index contributed by atoms with van der Waals surface area (Å²) >= 11 is 3.50. The van der Waals surface area contributed by atoms with Crippen molar-refractivity contribution in [1.29, 1.82) is 0 Å². The molecular weight excluding hydrogens is 236 g/mol. The summed E-state index contributed by atoms with van der Waals surface area (Å²) in [4.78, 5) is 7.08. The first-order valence-electron chi connectivity index (χ1n) is 5.37. The van der Waals surface area contributed by atoms with Gasteiger partial charge in [0.1, 0.15) is 0 Å². The SMILES string of the molecule is Cc1ccc(C(C)NC(C)c2cscn2)s1. The lowest BCUT2D eigenvalue weighted by Crippen LogP contribution is -2.21. The van der Waals surface area contributed by atoms with Gasteiger partial charge in [-0.2, -0.15) is 0 Å². The molecule has 0 spiro atoms. The molecule has 0 saturated carbocycles. The van der Waals surface area contributed by atoms with E-state index in [-0.39, 0.29) is 0 Å². The van der Waals surface area contributed by atoms with E-state index in [1.165, 1.54) is 9.75 Å². The van der Waals surface area contributed by atoms with Gasteiger partial charge in [-0.3, -0.25) is 0 Å². The molecule has 1 N–H and O–H groups in total. The molecule has 0 radical (unpaired) electrons. The van der Waals surface area contributed by atoms with Crippen LogP contribution in [0.4, 0.5) is 0 Å². The summed E-state index contributed by atoms with van der Waals surface area (Å²) in [5, 5.41) is 5.67. The van der Waals surface area contributed by atoms with Gasteiger partial charge in [0.05, 0.1) is 11.2 Å². The largest absolute Gasteiger partial charge is 0.301 e. The highest BCUT2D eigenvalue weighted by atomic mass is 32.1. The number of thiophene rings is 1. The molecule has 16 heavy (non-hydrogen) atoms. The third-order valence-electron chi connectivity index (χ3n) is 2.58. The Hall–Kier alpha value is -0.710. The van der Waals surface area contributed by atoms with Gasteiger partial charge in [0.15, 0.2) is 0 Å². The van der Waals surface area contributed by atoms with E-state index in [1.54, 1.807) is 11.3 Å². The molecule has 2 heterocycles. The Morgan fingerprint density at radius 1 is 1.25 bits per heavy atom. The minimum Gasteiger partial charge on any atom is -0.301 e. The molecule has 0 aliphatic carbocycles. The number of hydrogen-bond acceptors (Lipinski definition) is 4. The van der Waals surface area contributed by atoms with Crippen LogP contribution in [0.2, 0.25) is 0 Å². The Morgan fingerprint density at radius 2 is 2.06 bits per heavy atom. The molecule has 2 aromatic heterocycles. The van der Waals surface area contributed by atoms with E-state index in [0.717, 1.165) is 5.69 Å². The summed E-state index contributed by atoms with van der Waals surface area (Å²) in [5.41, 5.74) is 3.01. The molecule has 86 valence electrons. The third kappa shape index (κ3) is 2.70. The van der Waals surface area contributed by atoms with Crippen LogP contribution < -0.4 is 5.32 Å². The molecule has 0 fully saturated rings. The van der Waals surface area contributed by atoms with Gasteiger partial charge in [-0.15, -0.1) is 22.7 Å². The molecule has 2 aromatic rings. The molecular formula is C12H16N2S2. The fraction of sp³-hybridized carbons (Fsp3) is 0.417. The molecule has 0 aromatic carbocycles. The van der Waals surface area contributed by atoms with Crippen molar-refractivity contribution in [2.24, 2.45) is 0 Å². The maximum atomic E-state index is 4.33. The van der Waals surface area contributed by atoms with E-state index in [2.05, 4.69) is 48.6 Å². The van der Waals surface area contributed by atoms with E-state index < -0.39 is 0 Å². The van der Waals surface area contributed by atoms with Crippen LogP contribution in [0, 0.1) is 6.92 Å². The van der Waals surface area contributed by atoms with Crippen LogP contribution >= 0.6 is 22.7 Å². The highest BCUT2D eigenvalue weighted by molar-refractivity contribution is 7.12. The van der Waals surface area contributed by atoms with Crippen molar-refractivity contribution in [3.63, 3.8) is 0 Å². The first-order valence-corrected chi connectivity index (χ1v) is 7.13. The number of nitrogens with one attached hydrogen (secondary N) is 1. The van der Waals surface area contributed by atoms with Crippen LogP contribution in [-0.4, -0.2) is 4.98 Å². The van der Waals surface area contributed by atoms with Crippen molar-refractivity contribution in [2.75, 3.05) is 0 Å². The van der Waals surface area contributed by atoms with E-state index in [1.807, 2.05) is 16.8 Å². The first-order chi connectivity index (χ1) is 7.66. The number of aromatic nitrogens is 1. The molecule has 0 amide bonds. The van der Waals surface area contributed by atoms with E-state index in [9.17, 15) is 0 Å². The Morgan fingerprint density at radius 3 is 2.62 bits per heavy atom. The van der Waals surface area contributed by atoms with Crippen molar-refractivity contribution in [3.8, 4) is 0 Å². The molecule has 2 nitrogen and oxygen atoms in total. The van der Waals surface area contributed by atoms with Crippen LogP contribution in [0.1, 0.15) is 41.4 Å². The lowest BCUT2D eigenvalue weighted by Gasteiger charge is -2.17. The van der Waals surface area contributed by atoms with Gasteiger partial charge in [0.25, 0.3) is 0 Å². The van der Waals surface area contributed by atoms with E-state index in [4.69, 9.17) is 0 Å². The highest BCUT2D eigenvalue weighted by Crippen LogP contribution is 2.25. The number of nitrogens with zero attached hydrogens (tertiary/aromatic N) is 1. The monoisotopic (exact) mass is 252 g/mol. The van der Waals surface area contributed by atoms with Crippen molar-refractivity contribution >= 4 is 22.7 Å². The second-order valence-electron chi connectivity index (χ2n) is 3.97. The van der Waals surface area contributed by atoms with Gasteiger partial charge in [0.2, 0.25) is 0 Å². The Kier molecular flexibility index (Phi) is 3.74. The zero-order chi connectivity index (χ0) is 11.5. The maximum Gasteiger partial charge on any atom is 0.0795 e. The van der Waals surface area contributed by atoms with Crippen molar-refractivity contribution in [3.05, 3.63) is 38.5 Å². The summed E-state index contributed by atoms with van der Waals surface area (Å²) in [6, 6.07) is 5.07. The van der Waals surface area contributed by atoms with Crippen molar-refractivity contribution in [1.82, 2.24) is 10.3 Å². The maximum absolute atomic E-state index is 4.33. The lowest BCUT2D eigenvalue weighted by atomic mass is 10.2. The molecule has 2 atom stereocenters. The molecule has 0 aliphatic heterocycles. The van der Waals surface area contributed by atoms with Gasteiger partial charge in [-0.05, 0) is 32.9 Å². The number of hydrogen-bond donors (Lipinski definition) is 1. The molecule has 0 bridgehead atoms. The van der Waals surface area contributed by atoms with Crippen molar-refractivity contribution in [2.45, 2.75) is 32.9 Å². The van der Waals surface area contributed by atoms with Crippen LogP contribution in [0.3, 0.4) is 0 Å². The summed E-state index contributed by atoms with van der Waals surface area (Å²) in [7, 11) is 0. The third-order valence-corrected chi connectivity index (χ3v) is 4.37. The van der Waals surface area contributed by atoms with Gasteiger partial charge < -0.3 is 5.32 Å². The minimum absolute atomic E-state index is 0.309. The molecule has 2 unspecified atom stereocenters. The number of aryl methyl sites for hydroxylation is 1. The summed E-state index contributed by atoms with van der Waals surface area (Å²) in [6.07, 6.45) is 0. The standard InChI is InChI=1S/C12H16N2S2/c1-8-4-5-12(16-8)10(3)14-9(2)11-6-15-7-13-11/h4-7,9-10,14H,1-3H3. The fourth-order valence-corrected chi connectivity index (χ4v) is 3.20. The second-order valence-corrected chi connectivity index (χ2v) is 6.01. The predicted octanol–water partition coefficient (Wildman–Crippen LogP) is 3.92. The Bertz CT molecular complexity index is 434. The molecule has 4 heteroatoms. The smallest absolute Gasteiger partial charge is 0.0795 e. The van der Waals surface area contributed by atoms with Gasteiger partial charge >= 0.3 is 0 Å². The number of thiazole rings is 1. The van der Waals surface area contributed by atoms with E-state index >= 15 is 0 Å². The summed E-state index contributed by atoms with van der Waals surface area (Å²) < 4.78 is 0. The zero-order valence-electron chi connectivity index (χ0n) is 9.73. The van der Waals surface area contributed by atoms with Crippen LogP contribution in [0.5, 0.6) is 0 Å². The predicted molar refractivity (Wildman–Crippen MR) is 71.1 cm³/mol. The summed E-state index contributed by atoms with van der Waals surface area (Å²) in [5.74, 6) is 0. The normalized spacial score (nSPS) is 14.9. The van der Waals surface area contributed by atoms with Crippen LogP contribution in [0.15, 0.2) is 23.0 Å². The topological polar surface area (TPSA) is 24.9 Å². The first kappa shape index (κ1) is 11.8. The minimum atomic E-state index is 0.309. The van der Waals surface area contributed by atoms with E-state index in [0.29, 0.717) is 12.1 Å². The quantitative estimate of drug-likeness (QED) is 0.892. The van der Waals surface area contributed by atoms with Gasteiger partial charge in [0, 0.05) is 27.2 Å². The average molecular weight is 252 g/mol. The summed E-state index contributed by atoms with van der Waals surface area (Å²) in [6.45, 7) is 6.50. The molecule has 0 saturated heterocycles. The fourth-order valence-electron chi connectivity index (χ4n) is 1.66. The van der Waals surface area contributed by atoms with Gasteiger partial charge in [-0.25, -0.2) is 4.98 Å². The van der Waals surface area contributed by atoms with Crippen LogP contribution in [-0.2, 0) is 0 Å². The average Bonchev–Trinajstić information content (AvgIpc) is 2.87. The molecule has 2 rings (SSSR count).